The highest BCUT2D eigenvalue weighted by Crippen LogP contribution is 2.30. The Hall–Kier alpha value is -1.64. The predicted octanol–water partition coefficient (Wildman–Crippen LogP) is 3.20. The molecule has 1 aromatic carbocycles. The van der Waals surface area contributed by atoms with Crippen LogP contribution in [-0.2, 0) is 27.1 Å². The normalized spacial score (nSPS) is 16.0. The maximum absolute atomic E-state index is 13.1. The molecule has 1 aromatic rings. The van der Waals surface area contributed by atoms with Crippen LogP contribution in [0.2, 0.25) is 0 Å². The highest BCUT2D eigenvalue weighted by atomic mass is 32.2. The summed E-state index contributed by atoms with van der Waals surface area (Å²) in [6, 6.07) is 1.88. The van der Waals surface area contributed by atoms with E-state index in [1.54, 1.807) is 0 Å². The zero-order valence-corrected chi connectivity index (χ0v) is 11.2. The van der Waals surface area contributed by atoms with Gasteiger partial charge in [-0.15, -0.1) is 0 Å². The molecule has 0 radical (unpaired) electrons. The van der Waals surface area contributed by atoms with Crippen molar-refractivity contribution in [3.8, 4) is 0 Å². The van der Waals surface area contributed by atoms with E-state index >= 15 is 0 Å². The van der Waals surface area contributed by atoms with Crippen molar-refractivity contribution < 1.29 is 34.6 Å². The van der Waals surface area contributed by atoms with Gasteiger partial charge in [0, 0.05) is 6.42 Å². The van der Waals surface area contributed by atoms with Crippen LogP contribution in [0.4, 0.5) is 22.0 Å². The zero-order chi connectivity index (χ0) is 15.8. The van der Waals surface area contributed by atoms with Crippen molar-refractivity contribution in [2.45, 2.75) is 24.8 Å². The number of aryl methyl sites for hydroxylation is 1. The minimum atomic E-state index is -5.73. The summed E-state index contributed by atoms with van der Waals surface area (Å²) >= 11 is 0. The van der Waals surface area contributed by atoms with E-state index in [0.717, 1.165) is 18.2 Å². The monoisotopic (exact) mass is 328 g/mol. The van der Waals surface area contributed by atoms with Crippen LogP contribution < -0.4 is 0 Å². The molecule has 0 aromatic heterocycles. The van der Waals surface area contributed by atoms with E-state index < -0.39 is 33.0 Å². The molecule has 0 amide bonds. The van der Waals surface area contributed by atoms with E-state index in [0.29, 0.717) is 11.1 Å². The third-order valence-corrected chi connectivity index (χ3v) is 3.93. The second-order valence-electron chi connectivity index (χ2n) is 4.39. The summed E-state index contributed by atoms with van der Waals surface area (Å²) in [5.41, 5.74) is -4.75. The van der Waals surface area contributed by atoms with Crippen LogP contribution in [0.5, 0.6) is 0 Å². The average molecular weight is 328 g/mol. The fraction of sp³-hybridized carbons (Fsp3) is 0.333. The molecule has 0 saturated carbocycles. The summed E-state index contributed by atoms with van der Waals surface area (Å²) in [6.45, 7) is 0. The molecule has 2 rings (SSSR count). The first-order valence-corrected chi connectivity index (χ1v) is 7.17. The van der Waals surface area contributed by atoms with E-state index in [9.17, 15) is 30.4 Å². The standard InChI is InChI=1S/C12H9F5O3S/c13-10-5-7-1-3-9(4-2-8(7)6-11(10)14)20-21(18,19)12(15,16)17/h3,5-6H,1-2,4H2. The van der Waals surface area contributed by atoms with Gasteiger partial charge in [0.25, 0.3) is 0 Å². The number of alkyl halides is 3. The molecule has 0 unspecified atom stereocenters. The molecule has 116 valence electrons. The fourth-order valence-electron chi connectivity index (χ4n) is 1.90. The number of hydrogen-bond donors (Lipinski definition) is 0. The molecule has 0 fully saturated rings. The lowest BCUT2D eigenvalue weighted by Gasteiger charge is -2.11. The van der Waals surface area contributed by atoms with Crippen molar-refractivity contribution in [2.75, 3.05) is 0 Å². The molecule has 0 N–H and O–H groups in total. The Morgan fingerprint density at radius 1 is 1.00 bits per heavy atom. The maximum Gasteiger partial charge on any atom is 0.534 e. The quantitative estimate of drug-likeness (QED) is 0.476. The summed E-state index contributed by atoms with van der Waals surface area (Å²) in [5, 5.41) is 0. The van der Waals surface area contributed by atoms with Crippen molar-refractivity contribution >= 4 is 10.1 Å². The van der Waals surface area contributed by atoms with Crippen molar-refractivity contribution in [3.05, 3.63) is 46.7 Å². The summed E-state index contributed by atoms with van der Waals surface area (Å²) in [5.74, 6) is -2.54. The molecule has 9 heteroatoms. The van der Waals surface area contributed by atoms with Gasteiger partial charge in [-0.05, 0) is 42.2 Å². The first-order chi connectivity index (χ1) is 9.60. The smallest absolute Gasteiger partial charge is 0.381 e. The number of rotatable bonds is 2. The molecule has 1 aliphatic rings. The number of allylic oxidation sites excluding steroid dienone is 2. The van der Waals surface area contributed by atoms with Gasteiger partial charge in [0.05, 0.1) is 0 Å². The van der Waals surface area contributed by atoms with Gasteiger partial charge in [-0.2, -0.15) is 21.6 Å². The van der Waals surface area contributed by atoms with Crippen molar-refractivity contribution in [3.63, 3.8) is 0 Å². The lowest BCUT2D eigenvalue weighted by atomic mass is 10.0. The van der Waals surface area contributed by atoms with Crippen molar-refractivity contribution in [1.29, 1.82) is 0 Å². The third kappa shape index (κ3) is 3.34. The number of halogens is 5. The van der Waals surface area contributed by atoms with E-state index in [1.807, 2.05) is 0 Å². The molecule has 0 aliphatic heterocycles. The minimum absolute atomic E-state index is 0.0464. The van der Waals surface area contributed by atoms with Gasteiger partial charge in [0.2, 0.25) is 0 Å². The van der Waals surface area contributed by atoms with Crippen LogP contribution in [-0.4, -0.2) is 13.9 Å². The molecule has 0 spiro atoms. The lowest BCUT2D eigenvalue weighted by molar-refractivity contribution is -0.0523. The molecular formula is C12H9F5O3S. The van der Waals surface area contributed by atoms with Gasteiger partial charge >= 0.3 is 15.6 Å². The number of hydrogen-bond acceptors (Lipinski definition) is 3. The topological polar surface area (TPSA) is 43.4 Å². The number of fused-ring (bicyclic) bond motifs is 1. The first kappa shape index (κ1) is 15.7. The number of benzene rings is 1. The Bertz CT molecular complexity index is 692. The molecule has 21 heavy (non-hydrogen) atoms. The predicted molar refractivity (Wildman–Crippen MR) is 62.5 cm³/mol. The van der Waals surface area contributed by atoms with Crippen molar-refractivity contribution in [1.82, 2.24) is 0 Å². The molecule has 3 nitrogen and oxygen atoms in total. The summed E-state index contributed by atoms with van der Waals surface area (Å²) in [4.78, 5) is 0. The Kier molecular flexibility index (Phi) is 3.96. The molecule has 0 bridgehead atoms. The van der Waals surface area contributed by atoms with Gasteiger partial charge in [-0.1, -0.05) is 0 Å². The highest BCUT2D eigenvalue weighted by Gasteiger charge is 2.48. The second kappa shape index (κ2) is 5.28. The van der Waals surface area contributed by atoms with E-state index in [-0.39, 0.29) is 19.3 Å². The summed E-state index contributed by atoms with van der Waals surface area (Å²) in [6.07, 6.45) is 0.959. The molecular weight excluding hydrogens is 319 g/mol. The second-order valence-corrected chi connectivity index (χ2v) is 5.93. The Morgan fingerprint density at radius 3 is 2.14 bits per heavy atom. The van der Waals surface area contributed by atoms with E-state index in [4.69, 9.17) is 0 Å². The molecule has 0 atom stereocenters. The van der Waals surface area contributed by atoms with Crippen LogP contribution in [0.3, 0.4) is 0 Å². The molecule has 1 aliphatic carbocycles. The first-order valence-electron chi connectivity index (χ1n) is 5.77. The third-order valence-electron chi connectivity index (χ3n) is 2.93. The van der Waals surface area contributed by atoms with Crippen LogP contribution >= 0.6 is 0 Å². The zero-order valence-electron chi connectivity index (χ0n) is 10.4. The average Bonchev–Trinajstić information content (AvgIpc) is 2.52. The molecule has 0 heterocycles. The summed E-state index contributed by atoms with van der Waals surface area (Å²) in [7, 11) is -5.73. The van der Waals surface area contributed by atoms with Crippen LogP contribution in [0.15, 0.2) is 24.0 Å². The van der Waals surface area contributed by atoms with Gasteiger partial charge < -0.3 is 4.18 Å². The highest BCUT2D eigenvalue weighted by molar-refractivity contribution is 7.87. The van der Waals surface area contributed by atoms with Crippen LogP contribution in [0.1, 0.15) is 17.5 Å². The van der Waals surface area contributed by atoms with Gasteiger partial charge in [0.1, 0.15) is 5.76 Å². The van der Waals surface area contributed by atoms with Crippen LogP contribution in [0, 0.1) is 11.6 Å². The van der Waals surface area contributed by atoms with E-state index in [2.05, 4.69) is 4.18 Å². The maximum atomic E-state index is 13.1. The fourth-order valence-corrected chi connectivity index (χ4v) is 2.43. The SMILES string of the molecule is O=S(=O)(OC1=CCc2cc(F)c(F)cc2CC1)C(F)(F)F. The van der Waals surface area contributed by atoms with Gasteiger partial charge in [-0.25, -0.2) is 8.78 Å². The van der Waals surface area contributed by atoms with Gasteiger partial charge in [0.15, 0.2) is 11.6 Å². The largest absolute Gasteiger partial charge is 0.534 e. The Morgan fingerprint density at radius 2 is 1.57 bits per heavy atom. The minimum Gasteiger partial charge on any atom is -0.381 e. The molecule has 0 saturated heterocycles. The summed E-state index contributed by atoms with van der Waals surface area (Å²) < 4.78 is 88.7. The Labute approximate surface area is 117 Å². The van der Waals surface area contributed by atoms with Gasteiger partial charge in [-0.3, -0.25) is 0 Å². The Balaban J connectivity index is 2.22. The van der Waals surface area contributed by atoms with E-state index in [1.165, 1.54) is 0 Å². The van der Waals surface area contributed by atoms with Crippen LogP contribution in [0.25, 0.3) is 0 Å². The van der Waals surface area contributed by atoms with Crippen molar-refractivity contribution in [2.24, 2.45) is 0 Å². The lowest BCUT2D eigenvalue weighted by Crippen LogP contribution is -2.25.